The van der Waals surface area contributed by atoms with Crippen LogP contribution in [-0.4, -0.2) is 43.0 Å². The van der Waals surface area contributed by atoms with Crippen molar-refractivity contribution in [2.24, 2.45) is 4.99 Å². The summed E-state index contributed by atoms with van der Waals surface area (Å²) in [5.41, 5.74) is 1.70. The summed E-state index contributed by atoms with van der Waals surface area (Å²) in [6.45, 7) is 2.70. The van der Waals surface area contributed by atoms with Gasteiger partial charge in [-0.05, 0) is 55.8 Å². The van der Waals surface area contributed by atoms with Crippen LogP contribution in [-0.2, 0) is 0 Å². The monoisotopic (exact) mass is 392 g/mol. The Labute approximate surface area is 164 Å². The number of benzene rings is 2. The van der Waals surface area contributed by atoms with Gasteiger partial charge in [-0.25, -0.2) is 0 Å². The normalized spacial score (nSPS) is 16.3. The first-order chi connectivity index (χ1) is 12.6. The van der Waals surface area contributed by atoms with Gasteiger partial charge in [0.15, 0.2) is 0 Å². The topological polar surface area (TPSA) is 45.1 Å². The molecule has 1 fully saturated rings. The maximum atomic E-state index is 10.1. The van der Waals surface area contributed by atoms with Crippen molar-refractivity contribution in [3.8, 4) is 11.5 Å². The van der Waals surface area contributed by atoms with Crippen LogP contribution in [0.3, 0.4) is 0 Å². The van der Waals surface area contributed by atoms with Gasteiger partial charge in [-0.1, -0.05) is 35.3 Å². The molecule has 1 saturated heterocycles. The van der Waals surface area contributed by atoms with E-state index in [1.807, 2.05) is 12.1 Å². The van der Waals surface area contributed by atoms with E-state index >= 15 is 0 Å². The smallest absolute Gasteiger partial charge is 0.143 e. The number of methoxy groups -OCH3 is 1. The number of halogens is 2. The van der Waals surface area contributed by atoms with Crippen LogP contribution in [0.25, 0.3) is 0 Å². The SMILES string of the molecule is COc1cccc([C@@H](CN=Cc2cc(Cl)cc(Cl)c2O)N2CCCC2)c1. The fraction of sp³-hybridized carbons (Fsp3) is 0.350. The van der Waals surface area contributed by atoms with Gasteiger partial charge in [-0.2, -0.15) is 0 Å². The van der Waals surface area contributed by atoms with Gasteiger partial charge < -0.3 is 9.84 Å². The number of nitrogens with zero attached hydrogens (tertiary/aromatic N) is 2. The van der Waals surface area contributed by atoms with Crippen molar-refractivity contribution < 1.29 is 9.84 Å². The average molecular weight is 393 g/mol. The fourth-order valence-electron chi connectivity index (χ4n) is 3.27. The molecular weight excluding hydrogens is 371 g/mol. The molecule has 0 aliphatic carbocycles. The van der Waals surface area contributed by atoms with Crippen molar-refractivity contribution in [2.45, 2.75) is 18.9 Å². The van der Waals surface area contributed by atoms with Crippen molar-refractivity contribution in [2.75, 3.05) is 26.7 Å². The van der Waals surface area contributed by atoms with Crippen LogP contribution in [0, 0.1) is 0 Å². The van der Waals surface area contributed by atoms with E-state index in [1.165, 1.54) is 24.5 Å². The number of aliphatic imine (C=N–C) groups is 1. The Bertz CT molecular complexity index is 789. The van der Waals surface area contributed by atoms with Gasteiger partial charge in [-0.3, -0.25) is 9.89 Å². The van der Waals surface area contributed by atoms with Gasteiger partial charge >= 0.3 is 0 Å². The van der Waals surface area contributed by atoms with Crippen LogP contribution in [0.1, 0.15) is 30.0 Å². The number of aromatic hydroxyl groups is 1. The van der Waals surface area contributed by atoms with Crippen LogP contribution >= 0.6 is 23.2 Å². The number of phenols is 1. The van der Waals surface area contributed by atoms with Gasteiger partial charge in [0.25, 0.3) is 0 Å². The molecule has 2 aromatic rings. The average Bonchev–Trinajstić information content (AvgIpc) is 3.17. The van der Waals surface area contributed by atoms with Crippen LogP contribution < -0.4 is 4.74 Å². The third-order valence-electron chi connectivity index (χ3n) is 4.63. The van der Waals surface area contributed by atoms with E-state index in [1.54, 1.807) is 19.4 Å². The quantitative estimate of drug-likeness (QED) is 0.706. The summed E-state index contributed by atoms with van der Waals surface area (Å²) in [4.78, 5) is 7.02. The maximum Gasteiger partial charge on any atom is 0.143 e. The first-order valence-electron chi connectivity index (χ1n) is 8.64. The van der Waals surface area contributed by atoms with Gasteiger partial charge in [0, 0.05) is 16.8 Å². The van der Waals surface area contributed by atoms with E-state index < -0.39 is 0 Å². The highest BCUT2D eigenvalue weighted by molar-refractivity contribution is 6.36. The van der Waals surface area contributed by atoms with Crippen LogP contribution in [0.5, 0.6) is 11.5 Å². The predicted octanol–water partition coefficient (Wildman–Crippen LogP) is 4.96. The molecule has 4 nitrogen and oxygen atoms in total. The largest absolute Gasteiger partial charge is 0.506 e. The Morgan fingerprint density at radius 3 is 2.73 bits per heavy atom. The van der Waals surface area contributed by atoms with Gasteiger partial charge in [0.2, 0.25) is 0 Å². The highest BCUT2D eigenvalue weighted by Crippen LogP contribution is 2.31. The Morgan fingerprint density at radius 2 is 2.00 bits per heavy atom. The van der Waals surface area contributed by atoms with E-state index in [0.717, 1.165) is 18.8 Å². The van der Waals surface area contributed by atoms with Crippen molar-refractivity contribution in [1.82, 2.24) is 4.90 Å². The number of ether oxygens (including phenoxy) is 1. The lowest BCUT2D eigenvalue weighted by Crippen LogP contribution is -2.27. The number of phenolic OH excluding ortho intramolecular Hbond substituents is 1. The molecule has 0 radical (unpaired) electrons. The standard InChI is InChI=1S/C20H22Cl2N2O2/c1-26-17-6-4-5-14(10-17)19(24-7-2-3-8-24)13-23-12-15-9-16(21)11-18(22)20(15)25/h4-6,9-12,19,25H,2-3,7-8,13H2,1H3/t19-/m1/s1. The minimum atomic E-state index is -0.00100. The summed E-state index contributed by atoms with van der Waals surface area (Å²) in [6, 6.07) is 11.5. The van der Waals surface area contributed by atoms with Gasteiger partial charge in [-0.15, -0.1) is 0 Å². The van der Waals surface area contributed by atoms with Crippen molar-refractivity contribution in [3.05, 3.63) is 57.6 Å². The summed E-state index contributed by atoms with van der Waals surface area (Å²) in [5.74, 6) is 0.842. The highest BCUT2D eigenvalue weighted by Gasteiger charge is 2.23. The Morgan fingerprint density at radius 1 is 1.23 bits per heavy atom. The number of hydrogen-bond acceptors (Lipinski definition) is 4. The Kier molecular flexibility index (Phi) is 6.41. The zero-order valence-electron chi connectivity index (χ0n) is 14.7. The van der Waals surface area contributed by atoms with Crippen LogP contribution in [0.15, 0.2) is 41.4 Å². The fourth-order valence-corrected chi connectivity index (χ4v) is 3.78. The first kappa shape index (κ1) is 19.0. The third kappa shape index (κ3) is 4.50. The second-order valence-electron chi connectivity index (χ2n) is 6.36. The van der Waals surface area contributed by atoms with Crippen molar-refractivity contribution in [3.63, 3.8) is 0 Å². The van der Waals surface area contributed by atoms with Gasteiger partial charge in [0.1, 0.15) is 11.5 Å². The molecule has 1 atom stereocenters. The minimum absolute atomic E-state index is 0.00100. The molecule has 0 amide bonds. The summed E-state index contributed by atoms with van der Waals surface area (Å²) in [7, 11) is 1.67. The molecule has 0 aromatic heterocycles. The molecule has 2 aromatic carbocycles. The summed E-state index contributed by atoms with van der Waals surface area (Å²) < 4.78 is 5.36. The molecule has 3 rings (SSSR count). The summed E-state index contributed by atoms with van der Waals surface area (Å²) in [5, 5.41) is 10.8. The zero-order chi connectivity index (χ0) is 18.5. The van der Waals surface area contributed by atoms with E-state index in [-0.39, 0.29) is 16.8 Å². The molecular formula is C20H22Cl2N2O2. The molecule has 1 aliphatic heterocycles. The first-order valence-corrected chi connectivity index (χ1v) is 9.40. The van der Waals surface area contributed by atoms with E-state index in [0.29, 0.717) is 17.1 Å². The summed E-state index contributed by atoms with van der Waals surface area (Å²) >= 11 is 12.0. The van der Waals surface area contributed by atoms with E-state index in [9.17, 15) is 5.11 Å². The minimum Gasteiger partial charge on any atom is -0.506 e. The second-order valence-corrected chi connectivity index (χ2v) is 7.20. The molecule has 1 heterocycles. The lowest BCUT2D eigenvalue weighted by molar-refractivity contribution is 0.251. The lowest BCUT2D eigenvalue weighted by atomic mass is 10.1. The third-order valence-corrected chi connectivity index (χ3v) is 5.13. The highest BCUT2D eigenvalue weighted by atomic mass is 35.5. The molecule has 0 unspecified atom stereocenters. The molecule has 0 bridgehead atoms. The molecule has 1 N–H and O–H groups in total. The number of hydrogen-bond donors (Lipinski definition) is 1. The molecule has 1 aliphatic rings. The van der Waals surface area contributed by atoms with E-state index in [4.69, 9.17) is 27.9 Å². The molecule has 0 saturated carbocycles. The van der Waals surface area contributed by atoms with E-state index in [2.05, 4.69) is 22.0 Å². The van der Waals surface area contributed by atoms with Crippen molar-refractivity contribution >= 4 is 29.4 Å². The molecule has 26 heavy (non-hydrogen) atoms. The Balaban J connectivity index is 1.82. The molecule has 138 valence electrons. The predicted molar refractivity (Wildman–Crippen MR) is 107 cm³/mol. The number of likely N-dealkylation sites (tertiary alicyclic amines) is 1. The Hall–Kier alpha value is -1.75. The lowest BCUT2D eigenvalue weighted by Gasteiger charge is -2.26. The molecule has 0 spiro atoms. The maximum absolute atomic E-state index is 10.1. The van der Waals surface area contributed by atoms with Gasteiger partial charge in [0.05, 0.1) is 24.7 Å². The second kappa shape index (κ2) is 8.76. The zero-order valence-corrected chi connectivity index (χ0v) is 16.2. The van der Waals surface area contributed by atoms with Crippen molar-refractivity contribution in [1.29, 1.82) is 0 Å². The van der Waals surface area contributed by atoms with Crippen LogP contribution in [0.2, 0.25) is 10.0 Å². The number of rotatable bonds is 6. The summed E-state index contributed by atoms with van der Waals surface area (Å²) in [6.07, 6.45) is 4.04. The van der Waals surface area contributed by atoms with Crippen LogP contribution in [0.4, 0.5) is 0 Å². The molecule has 6 heteroatoms.